The minimum absolute atomic E-state index is 0.0385. The maximum Gasteiger partial charge on any atom is 0.139 e. The highest BCUT2D eigenvalue weighted by Gasteiger charge is 2.36. The zero-order valence-corrected chi connectivity index (χ0v) is 16.5. The Hall–Kier alpha value is -1.75. The zero-order chi connectivity index (χ0) is 18.8. The van der Waals surface area contributed by atoms with Crippen LogP contribution < -0.4 is 15.2 Å². The van der Waals surface area contributed by atoms with E-state index < -0.39 is 0 Å². The van der Waals surface area contributed by atoms with E-state index in [2.05, 4.69) is 29.2 Å². The molecule has 27 heavy (non-hydrogen) atoms. The minimum atomic E-state index is -0.0385. The number of piperidine rings is 1. The Morgan fingerprint density at radius 2 is 1.93 bits per heavy atom. The van der Waals surface area contributed by atoms with E-state index in [1.807, 2.05) is 12.1 Å². The third-order valence-electron chi connectivity index (χ3n) is 5.72. The molecule has 0 bridgehead atoms. The Morgan fingerprint density at radius 1 is 1.11 bits per heavy atom. The number of fused-ring (bicyclic) bond motifs is 1. The summed E-state index contributed by atoms with van der Waals surface area (Å²) in [4.78, 5) is 2.52. The van der Waals surface area contributed by atoms with Crippen LogP contribution in [-0.2, 0) is 6.42 Å². The van der Waals surface area contributed by atoms with Crippen LogP contribution in [0.15, 0.2) is 42.5 Å². The van der Waals surface area contributed by atoms with Crippen molar-refractivity contribution in [3.8, 4) is 11.5 Å². The van der Waals surface area contributed by atoms with Gasteiger partial charge in [0.25, 0.3) is 0 Å². The smallest absolute Gasteiger partial charge is 0.139 e. The molecule has 0 amide bonds. The van der Waals surface area contributed by atoms with Crippen molar-refractivity contribution in [2.24, 2.45) is 5.73 Å². The van der Waals surface area contributed by atoms with Crippen LogP contribution in [-0.4, -0.2) is 37.2 Å². The molecule has 2 aromatic rings. The summed E-state index contributed by atoms with van der Waals surface area (Å²) in [5.74, 6) is 1.45. The molecule has 2 N–H and O–H groups in total. The first-order valence-electron chi connectivity index (χ1n) is 9.72. The molecule has 3 atom stereocenters. The number of hydrogen-bond donors (Lipinski definition) is 1. The minimum Gasteiger partial charge on any atom is -0.497 e. The van der Waals surface area contributed by atoms with Gasteiger partial charge in [-0.1, -0.05) is 35.9 Å². The second kappa shape index (κ2) is 8.09. The van der Waals surface area contributed by atoms with E-state index >= 15 is 0 Å². The molecule has 0 spiro atoms. The van der Waals surface area contributed by atoms with Crippen molar-refractivity contribution in [1.82, 2.24) is 4.90 Å². The van der Waals surface area contributed by atoms with Crippen LogP contribution in [0, 0.1) is 0 Å². The van der Waals surface area contributed by atoms with E-state index in [0.717, 1.165) is 44.5 Å². The summed E-state index contributed by atoms with van der Waals surface area (Å²) in [5.41, 5.74) is 8.91. The van der Waals surface area contributed by atoms with Crippen LogP contribution in [0.2, 0.25) is 5.02 Å². The van der Waals surface area contributed by atoms with Crippen LogP contribution in [0.5, 0.6) is 11.5 Å². The van der Waals surface area contributed by atoms with Gasteiger partial charge in [0.2, 0.25) is 0 Å². The third-order valence-corrected chi connectivity index (χ3v) is 5.94. The maximum absolute atomic E-state index is 6.56. The van der Waals surface area contributed by atoms with E-state index in [-0.39, 0.29) is 12.1 Å². The molecule has 0 saturated carbocycles. The average molecular weight is 387 g/mol. The van der Waals surface area contributed by atoms with Gasteiger partial charge in [-0.05, 0) is 55.5 Å². The molecule has 1 aliphatic heterocycles. The summed E-state index contributed by atoms with van der Waals surface area (Å²) < 4.78 is 11.9. The third kappa shape index (κ3) is 4.08. The van der Waals surface area contributed by atoms with E-state index in [0.29, 0.717) is 16.8 Å². The summed E-state index contributed by atoms with van der Waals surface area (Å²) in [6.07, 6.45) is 4.37. The summed E-state index contributed by atoms with van der Waals surface area (Å²) in [7, 11) is 1.64. The Labute approximate surface area is 166 Å². The summed E-state index contributed by atoms with van der Waals surface area (Å²) in [5, 5.41) is 0.616. The standard InChI is InChI=1S/C22H27ClN2O2/c1-26-18-11-16(23)12-19(13-18)27-22-20-7-3-2-5-15(20)8-9-21(22)25-10-4-6-17(24)14-25/h2-3,5,7,11-13,17,21-22H,4,6,8-10,14,24H2,1H3/t17-,21+,22+/m1/s1. The highest BCUT2D eigenvalue weighted by molar-refractivity contribution is 6.30. The molecule has 0 aromatic heterocycles. The number of ether oxygens (including phenoxy) is 2. The van der Waals surface area contributed by atoms with Crippen LogP contribution in [0.3, 0.4) is 0 Å². The Bertz CT molecular complexity index is 798. The fourth-order valence-electron chi connectivity index (χ4n) is 4.43. The number of hydrogen-bond acceptors (Lipinski definition) is 4. The predicted molar refractivity (Wildman–Crippen MR) is 109 cm³/mol. The molecule has 2 aromatic carbocycles. The molecule has 0 unspecified atom stereocenters. The lowest BCUT2D eigenvalue weighted by Gasteiger charge is -2.43. The fraction of sp³-hybridized carbons (Fsp3) is 0.455. The second-order valence-electron chi connectivity index (χ2n) is 7.57. The molecule has 144 valence electrons. The second-order valence-corrected chi connectivity index (χ2v) is 8.00. The van der Waals surface area contributed by atoms with Gasteiger partial charge in [0.1, 0.15) is 17.6 Å². The molecule has 5 heteroatoms. The number of nitrogens with two attached hydrogens (primary N) is 1. The van der Waals surface area contributed by atoms with Crippen LogP contribution in [0.1, 0.15) is 36.5 Å². The van der Waals surface area contributed by atoms with Crippen LogP contribution >= 0.6 is 11.6 Å². The van der Waals surface area contributed by atoms with E-state index in [1.165, 1.54) is 11.1 Å². The van der Waals surface area contributed by atoms with Gasteiger partial charge in [-0.25, -0.2) is 0 Å². The van der Waals surface area contributed by atoms with Gasteiger partial charge in [-0.3, -0.25) is 4.90 Å². The van der Waals surface area contributed by atoms with Gasteiger partial charge in [-0.15, -0.1) is 0 Å². The van der Waals surface area contributed by atoms with Crippen LogP contribution in [0.25, 0.3) is 0 Å². The summed E-state index contributed by atoms with van der Waals surface area (Å²) >= 11 is 6.26. The van der Waals surface area contributed by atoms with E-state index in [1.54, 1.807) is 13.2 Å². The normalized spacial score (nSPS) is 25.7. The van der Waals surface area contributed by atoms with Crippen molar-refractivity contribution in [3.05, 3.63) is 58.6 Å². The Kier molecular flexibility index (Phi) is 5.58. The van der Waals surface area contributed by atoms with Gasteiger partial charge < -0.3 is 15.2 Å². The summed E-state index contributed by atoms with van der Waals surface area (Å²) in [6.45, 7) is 2.02. The van der Waals surface area contributed by atoms with Crippen molar-refractivity contribution in [1.29, 1.82) is 0 Å². The number of nitrogens with zero attached hydrogens (tertiary/aromatic N) is 1. The first kappa shape index (κ1) is 18.6. The van der Waals surface area contributed by atoms with Gasteiger partial charge >= 0.3 is 0 Å². The van der Waals surface area contributed by atoms with Gasteiger partial charge in [0.15, 0.2) is 0 Å². The predicted octanol–water partition coefficient (Wildman–Crippen LogP) is 4.21. The lowest BCUT2D eigenvalue weighted by atomic mass is 9.84. The van der Waals surface area contributed by atoms with E-state index in [9.17, 15) is 0 Å². The molecule has 1 saturated heterocycles. The molecular weight excluding hydrogens is 360 g/mol. The highest BCUT2D eigenvalue weighted by atomic mass is 35.5. The van der Waals surface area contributed by atoms with Crippen molar-refractivity contribution >= 4 is 11.6 Å². The van der Waals surface area contributed by atoms with Gasteiger partial charge in [-0.2, -0.15) is 0 Å². The number of aryl methyl sites for hydroxylation is 1. The number of rotatable bonds is 4. The Morgan fingerprint density at radius 3 is 2.74 bits per heavy atom. The largest absolute Gasteiger partial charge is 0.497 e. The molecule has 4 nitrogen and oxygen atoms in total. The fourth-order valence-corrected chi connectivity index (χ4v) is 4.64. The molecule has 4 rings (SSSR count). The molecule has 1 heterocycles. The number of likely N-dealkylation sites (tertiary alicyclic amines) is 1. The van der Waals surface area contributed by atoms with E-state index in [4.69, 9.17) is 26.8 Å². The maximum atomic E-state index is 6.56. The van der Waals surface area contributed by atoms with Crippen molar-refractivity contribution in [3.63, 3.8) is 0 Å². The molecule has 2 aliphatic rings. The van der Waals surface area contributed by atoms with Crippen molar-refractivity contribution in [2.75, 3.05) is 20.2 Å². The number of halogens is 1. The number of benzene rings is 2. The molecule has 1 fully saturated rings. The van der Waals surface area contributed by atoms with Crippen molar-refractivity contribution in [2.45, 2.75) is 43.9 Å². The average Bonchev–Trinajstić information content (AvgIpc) is 2.67. The van der Waals surface area contributed by atoms with Gasteiger partial charge in [0.05, 0.1) is 13.2 Å². The van der Waals surface area contributed by atoms with Gasteiger partial charge in [0, 0.05) is 23.7 Å². The molecule has 1 aliphatic carbocycles. The zero-order valence-electron chi connectivity index (χ0n) is 15.7. The highest BCUT2D eigenvalue weighted by Crippen LogP contribution is 2.38. The monoisotopic (exact) mass is 386 g/mol. The Balaban J connectivity index is 1.67. The number of methoxy groups -OCH3 is 1. The SMILES string of the molecule is COc1cc(Cl)cc(O[C@H]2c3ccccc3CC[C@@H]2N2CCC[C@@H](N)C2)c1. The topological polar surface area (TPSA) is 47.7 Å². The molecule has 0 radical (unpaired) electrons. The van der Waals surface area contributed by atoms with Crippen LogP contribution in [0.4, 0.5) is 0 Å². The first-order valence-corrected chi connectivity index (χ1v) is 10.1. The molecular formula is C22H27ClN2O2. The van der Waals surface area contributed by atoms with Crippen molar-refractivity contribution < 1.29 is 9.47 Å². The summed E-state index contributed by atoms with van der Waals surface area (Å²) in [6, 6.07) is 14.7. The first-order chi connectivity index (χ1) is 13.1. The quantitative estimate of drug-likeness (QED) is 0.855. The lowest BCUT2D eigenvalue weighted by Crippen LogP contribution is -2.51. The lowest BCUT2D eigenvalue weighted by molar-refractivity contribution is 0.0366.